The van der Waals surface area contributed by atoms with Crippen LogP contribution in [0.1, 0.15) is 11.4 Å². The van der Waals surface area contributed by atoms with E-state index in [0.717, 1.165) is 5.69 Å². The third kappa shape index (κ3) is 3.29. The van der Waals surface area contributed by atoms with Gasteiger partial charge in [0.2, 0.25) is 0 Å². The Morgan fingerprint density at radius 1 is 1.00 bits per heavy atom. The Morgan fingerprint density at radius 3 is 2.36 bits per heavy atom. The lowest BCUT2D eigenvalue weighted by atomic mass is 10.1. The number of nitrogens with zero attached hydrogens (tertiary/aromatic N) is 3. The second-order valence-corrected chi connectivity index (χ2v) is 6.62. The number of rotatable bonds is 3. The Balaban J connectivity index is 2.02. The molecule has 1 N–H and O–H groups in total. The van der Waals surface area contributed by atoms with Gasteiger partial charge in [0, 0.05) is 28.0 Å². The van der Waals surface area contributed by atoms with Crippen LogP contribution in [0, 0.1) is 6.92 Å². The molecule has 0 radical (unpaired) electrons. The number of hydrogen-bond donors (Lipinski definition) is 1. The highest BCUT2D eigenvalue weighted by atomic mass is 35.5. The smallest absolute Gasteiger partial charge is 0.340 e. The molecule has 28 heavy (non-hydrogen) atoms. The number of aromatic nitrogens is 3. The van der Waals surface area contributed by atoms with E-state index < -0.39 is 11.9 Å². The summed E-state index contributed by atoms with van der Waals surface area (Å²) in [5.74, 6) is 0.373. The number of fused-ring (bicyclic) bond motifs is 1. The van der Waals surface area contributed by atoms with Gasteiger partial charge in [-0.25, -0.2) is 4.98 Å². The van der Waals surface area contributed by atoms with Crippen molar-refractivity contribution in [2.24, 2.45) is 0 Å². The maximum atomic E-state index is 13.8. The van der Waals surface area contributed by atoms with E-state index in [1.165, 1.54) is 10.6 Å². The molecule has 0 atom stereocenters. The summed E-state index contributed by atoms with van der Waals surface area (Å²) in [4.78, 5) is 4.33. The van der Waals surface area contributed by atoms with Crippen LogP contribution in [0.2, 0.25) is 5.02 Å². The molecule has 4 aromatic rings. The molecular weight excluding hydrogens is 389 g/mol. The van der Waals surface area contributed by atoms with E-state index in [2.05, 4.69) is 15.4 Å². The summed E-state index contributed by atoms with van der Waals surface area (Å²) < 4.78 is 42.6. The summed E-state index contributed by atoms with van der Waals surface area (Å²) >= 11 is 6.20. The highest BCUT2D eigenvalue weighted by molar-refractivity contribution is 6.33. The van der Waals surface area contributed by atoms with Crippen LogP contribution in [0.25, 0.3) is 16.8 Å². The number of benzene rings is 2. The predicted molar refractivity (Wildman–Crippen MR) is 103 cm³/mol. The quantitative estimate of drug-likeness (QED) is 0.449. The highest BCUT2D eigenvalue weighted by Gasteiger charge is 2.39. The molecule has 0 bridgehead atoms. The summed E-state index contributed by atoms with van der Waals surface area (Å²) in [7, 11) is 0. The molecule has 0 aliphatic heterocycles. The number of alkyl halides is 3. The van der Waals surface area contributed by atoms with Gasteiger partial charge in [-0.2, -0.15) is 22.8 Å². The Morgan fingerprint density at radius 2 is 1.68 bits per heavy atom. The molecule has 2 aromatic carbocycles. The van der Waals surface area contributed by atoms with Gasteiger partial charge < -0.3 is 5.32 Å². The van der Waals surface area contributed by atoms with E-state index in [4.69, 9.17) is 11.6 Å². The first-order valence-corrected chi connectivity index (χ1v) is 8.77. The Hall–Kier alpha value is -3.06. The summed E-state index contributed by atoms with van der Waals surface area (Å²) in [6.45, 7) is 1.72. The highest BCUT2D eigenvalue weighted by Crippen LogP contribution is 2.41. The van der Waals surface area contributed by atoms with Crippen molar-refractivity contribution in [2.75, 3.05) is 5.32 Å². The molecule has 4 rings (SSSR count). The van der Waals surface area contributed by atoms with Gasteiger partial charge in [-0.3, -0.25) is 0 Å². The Kier molecular flexibility index (Phi) is 4.47. The zero-order valence-electron chi connectivity index (χ0n) is 14.6. The molecule has 0 amide bonds. The van der Waals surface area contributed by atoms with Gasteiger partial charge in [0.15, 0.2) is 11.3 Å². The molecule has 142 valence electrons. The van der Waals surface area contributed by atoms with Gasteiger partial charge >= 0.3 is 6.18 Å². The maximum Gasteiger partial charge on any atom is 0.435 e. The lowest BCUT2D eigenvalue weighted by Crippen LogP contribution is -2.08. The van der Waals surface area contributed by atoms with Crippen molar-refractivity contribution in [1.29, 1.82) is 0 Å². The number of halogens is 4. The van der Waals surface area contributed by atoms with Crippen molar-refractivity contribution < 1.29 is 13.2 Å². The first kappa shape index (κ1) is 18.3. The molecule has 0 spiro atoms. The Labute approximate surface area is 163 Å². The average Bonchev–Trinajstić information content (AvgIpc) is 3.03. The van der Waals surface area contributed by atoms with E-state index in [1.54, 1.807) is 31.2 Å². The number of nitrogens with one attached hydrogen (secondary N) is 1. The van der Waals surface area contributed by atoms with Crippen LogP contribution in [0.3, 0.4) is 0 Å². The second kappa shape index (κ2) is 6.83. The lowest BCUT2D eigenvalue weighted by molar-refractivity contribution is -0.140. The number of aryl methyl sites for hydroxylation is 1. The van der Waals surface area contributed by atoms with Gasteiger partial charge in [0.25, 0.3) is 0 Å². The summed E-state index contributed by atoms with van der Waals surface area (Å²) in [5.41, 5.74) is 0.410. The van der Waals surface area contributed by atoms with E-state index in [9.17, 15) is 13.2 Å². The summed E-state index contributed by atoms with van der Waals surface area (Å²) in [6.07, 6.45) is -4.67. The van der Waals surface area contributed by atoms with Gasteiger partial charge in [0.1, 0.15) is 5.82 Å². The molecular formula is C20H14ClF3N4. The molecule has 0 saturated carbocycles. The minimum Gasteiger partial charge on any atom is -0.340 e. The van der Waals surface area contributed by atoms with E-state index in [-0.39, 0.29) is 21.8 Å². The molecule has 4 nitrogen and oxygen atoms in total. The first-order valence-electron chi connectivity index (χ1n) is 8.39. The predicted octanol–water partition coefficient (Wildman–Crippen LogP) is 6.12. The van der Waals surface area contributed by atoms with Crippen LogP contribution in [-0.4, -0.2) is 14.6 Å². The molecule has 0 unspecified atom stereocenters. The molecule has 2 aromatic heterocycles. The van der Waals surface area contributed by atoms with Crippen LogP contribution in [0.4, 0.5) is 24.7 Å². The van der Waals surface area contributed by atoms with E-state index in [1.807, 2.05) is 30.3 Å². The van der Waals surface area contributed by atoms with Crippen molar-refractivity contribution in [1.82, 2.24) is 14.6 Å². The van der Waals surface area contributed by atoms with Crippen LogP contribution in [0.5, 0.6) is 0 Å². The molecule has 0 aliphatic carbocycles. The number of hydrogen-bond acceptors (Lipinski definition) is 3. The monoisotopic (exact) mass is 402 g/mol. The minimum atomic E-state index is -4.67. The zero-order valence-corrected chi connectivity index (χ0v) is 15.4. The van der Waals surface area contributed by atoms with Crippen LogP contribution in [-0.2, 0) is 6.18 Å². The number of anilines is 2. The van der Waals surface area contributed by atoms with Crippen molar-refractivity contribution in [3.8, 4) is 11.1 Å². The topological polar surface area (TPSA) is 42.2 Å². The second-order valence-electron chi connectivity index (χ2n) is 6.21. The fraction of sp³-hybridized carbons (Fsp3) is 0.100. The molecule has 0 fully saturated rings. The average molecular weight is 403 g/mol. The minimum absolute atomic E-state index is 0.0823. The van der Waals surface area contributed by atoms with Gasteiger partial charge in [-0.15, -0.1) is 0 Å². The van der Waals surface area contributed by atoms with Gasteiger partial charge in [-0.05, 0) is 25.1 Å². The van der Waals surface area contributed by atoms with Crippen molar-refractivity contribution >= 4 is 28.8 Å². The molecule has 2 heterocycles. The third-order valence-corrected chi connectivity index (χ3v) is 4.50. The van der Waals surface area contributed by atoms with Gasteiger partial charge in [-0.1, -0.05) is 48.0 Å². The fourth-order valence-electron chi connectivity index (χ4n) is 3.01. The maximum absolute atomic E-state index is 13.8. The lowest BCUT2D eigenvalue weighted by Gasteiger charge is -2.10. The molecule has 0 saturated heterocycles. The Bertz CT molecular complexity index is 1150. The van der Waals surface area contributed by atoms with Crippen LogP contribution in [0.15, 0.2) is 60.7 Å². The van der Waals surface area contributed by atoms with Crippen molar-refractivity contribution in [3.63, 3.8) is 0 Å². The third-order valence-electron chi connectivity index (χ3n) is 4.17. The van der Waals surface area contributed by atoms with Crippen LogP contribution >= 0.6 is 11.6 Å². The van der Waals surface area contributed by atoms with Gasteiger partial charge in [0.05, 0.1) is 5.56 Å². The van der Waals surface area contributed by atoms with Crippen molar-refractivity contribution in [2.45, 2.75) is 13.1 Å². The fourth-order valence-corrected chi connectivity index (χ4v) is 3.24. The van der Waals surface area contributed by atoms with E-state index in [0.29, 0.717) is 11.5 Å². The summed E-state index contributed by atoms with van der Waals surface area (Å²) in [5, 5.41) is 7.15. The summed E-state index contributed by atoms with van der Waals surface area (Å²) in [6, 6.07) is 17.1. The largest absolute Gasteiger partial charge is 0.435 e. The standard InChI is InChI=1S/C20H14ClF3N4/c1-12-11-16(26-13-7-3-2-4-8-13)28-19(25-12)17(18(27-28)20(22,23)24)14-9-5-6-10-15(14)21/h2-11,26H,1H3. The van der Waals surface area contributed by atoms with Crippen LogP contribution < -0.4 is 5.32 Å². The first-order chi connectivity index (χ1) is 13.3. The van der Waals surface area contributed by atoms with Crippen molar-refractivity contribution in [3.05, 3.63) is 77.1 Å². The molecule has 0 aliphatic rings. The number of para-hydroxylation sites is 1. The zero-order chi connectivity index (χ0) is 19.9. The normalized spacial score (nSPS) is 11.8. The van der Waals surface area contributed by atoms with E-state index >= 15 is 0 Å². The molecule has 8 heteroatoms. The SMILES string of the molecule is Cc1cc(Nc2ccccc2)n2nc(C(F)(F)F)c(-c3ccccc3Cl)c2n1.